The van der Waals surface area contributed by atoms with Crippen LogP contribution in [0.1, 0.15) is 24.0 Å². The first kappa shape index (κ1) is 23.2. The van der Waals surface area contributed by atoms with Crippen LogP contribution in [0.3, 0.4) is 0 Å². The number of carbonyl (C=O) groups is 1. The fraction of sp³-hybridized carbons (Fsp3) is 0.450. The molecular weight excluding hydrogens is 461 g/mol. The Labute approximate surface area is 188 Å². The number of hydrogen-bond donors (Lipinski definition) is 3. The monoisotopic (exact) mass is 484 g/mol. The maximum absolute atomic E-state index is 13.5. The van der Waals surface area contributed by atoms with Gasteiger partial charge in [-0.1, -0.05) is 6.07 Å². The third kappa shape index (κ3) is 5.36. The van der Waals surface area contributed by atoms with Crippen molar-refractivity contribution in [2.45, 2.75) is 25.4 Å². The molecule has 1 fully saturated rings. The smallest absolute Gasteiger partial charge is 0.369 e. The van der Waals surface area contributed by atoms with Crippen molar-refractivity contribution < 1.29 is 26.4 Å². The van der Waals surface area contributed by atoms with Crippen LogP contribution in [0.5, 0.6) is 0 Å². The Morgan fingerprint density at radius 1 is 1.30 bits per heavy atom. The maximum Gasteiger partial charge on any atom is 0.421 e. The molecule has 0 bridgehead atoms. The molecule has 0 saturated carbocycles. The summed E-state index contributed by atoms with van der Waals surface area (Å²) >= 11 is 0. The minimum absolute atomic E-state index is 0.0559. The van der Waals surface area contributed by atoms with Gasteiger partial charge in [-0.2, -0.15) is 18.2 Å². The Kier molecular flexibility index (Phi) is 6.18. The lowest BCUT2D eigenvalue weighted by molar-refractivity contribution is -0.137. The highest BCUT2D eigenvalue weighted by atomic mass is 32.2. The molecule has 1 aromatic heterocycles. The van der Waals surface area contributed by atoms with E-state index in [0.29, 0.717) is 42.5 Å². The maximum atomic E-state index is 13.5. The second-order valence-corrected chi connectivity index (χ2v) is 10.1. The number of fused-ring (bicyclic) bond motifs is 1. The number of sulfonamides is 1. The topological polar surface area (TPSA) is 116 Å². The van der Waals surface area contributed by atoms with Gasteiger partial charge in [0.05, 0.1) is 12.7 Å². The van der Waals surface area contributed by atoms with Gasteiger partial charge in [-0.25, -0.2) is 17.7 Å². The van der Waals surface area contributed by atoms with Gasteiger partial charge >= 0.3 is 6.18 Å². The molecule has 4 rings (SSSR count). The number of rotatable bonds is 6. The zero-order valence-electron chi connectivity index (χ0n) is 17.7. The number of alkyl halides is 3. The van der Waals surface area contributed by atoms with E-state index in [-0.39, 0.29) is 37.3 Å². The molecule has 0 aliphatic carbocycles. The number of anilines is 4. The number of benzene rings is 1. The summed E-state index contributed by atoms with van der Waals surface area (Å²) in [6, 6.07) is 5.12. The quantitative estimate of drug-likeness (QED) is 0.577. The first-order valence-corrected chi connectivity index (χ1v) is 12.2. The Morgan fingerprint density at radius 3 is 2.82 bits per heavy atom. The number of aromatic nitrogens is 2. The van der Waals surface area contributed by atoms with Gasteiger partial charge in [-0.15, -0.1) is 0 Å². The number of amides is 1. The summed E-state index contributed by atoms with van der Waals surface area (Å²) in [6.07, 6.45) is -1.38. The summed E-state index contributed by atoms with van der Waals surface area (Å²) < 4.78 is 65.6. The van der Waals surface area contributed by atoms with Crippen LogP contribution in [-0.2, 0) is 27.4 Å². The van der Waals surface area contributed by atoms with Crippen molar-refractivity contribution in [1.29, 1.82) is 0 Å². The van der Waals surface area contributed by atoms with E-state index in [2.05, 4.69) is 25.9 Å². The summed E-state index contributed by atoms with van der Waals surface area (Å²) in [5, 5.41) is 8.35. The van der Waals surface area contributed by atoms with E-state index in [4.69, 9.17) is 0 Å². The predicted molar refractivity (Wildman–Crippen MR) is 117 cm³/mol. The fourth-order valence-corrected chi connectivity index (χ4v) is 4.95. The summed E-state index contributed by atoms with van der Waals surface area (Å²) in [7, 11) is -3.36. The lowest BCUT2D eigenvalue weighted by atomic mass is 10.00. The molecular formula is C20H23F3N6O3S. The molecule has 3 N–H and O–H groups in total. The van der Waals surface area contributed by atoms with E-state index in [1.165, 1.54) is 4.31 Å². The number of hydrogen-bond acceptors (Lipinski definition) is 7. The molecule has 2 aliphatic rings. The Balaban J connectivity index is 1.54. The van der Waals surface area contributed by atoms with E-state index < -0.39 is 27.6 Å². The van der Waals surface area contributed by atoms with Gasteiger partial charge in [0.1, 0.15) is 11.4 Å². The van der Waals surface area contributed by atoms with Gasteiger partial charge < -0.3 is 16.0 Å². The molecule has 2 aliphatic heterocycles. The molecule has 0 spiro atoms. The van der Waals surface area contributed by atoms with Gasteiger partial charge in [0.25, 0.3) is 0 Å². The van der Waals surface area contributed by atoms with Crippen LogP contribution in [0, 0.1) is 5.92 Å². The predicted octanol–water partition coefficient (Wildman–Crippen LogP) is 2.82. The number of nitrogens with zero attached hydrogens (tertiary/aromatic N) is 3. The molecule has 3 heterocycles. The molecule has 1 amide bonds. The van der Waals surface area contributed by atoms with Crippen molar-refractivity contribution in [3.8, 4) is 0 Å². The van der Waals surface area contributed by atoms with Crippen molar-refractivity contribution in [1.82, 2.24) is 14.3 Å². The third-order valence-corrected chi connectivity index (χ3v) is 6.91. The van der Waals surface area contributed by atoms with Crippen LogP contribution < -0.4 is 16.0 Å². The lowest BCUT2D eigenvalue weighted by Crippen LogP contribution is -2.41. The van der Waals surface area contributed by atoms with Crippen LogP contribution >= 0.6 is 0 Å². The largest absolute Gasteiger partial charge is 0.421 e. The van der Waals surface area contributed by atoms with Gasteiger partial charge in [0.15, 0.2) is 0 Å². The minimum Gasteiger partial charge on any atom is -0.369 e. The molecule has 1 atom stereocenters. The molecule has 9 nitrogen and oxygen atoms in total. The fourth-order valence-electron chi connectivity index (χ4n) is 4.01. The number of halogens is 3. The average Bonchev–Trinajstić information content (AvgIpc) is 3.12. The molecule has 13 heteroatoms. The molecule has 1 saturated heterocycles. The van der Waals surface area contributed by atoms with Crippen LogP contribution in [0.2, 0.25) is 0 Å². The summed E-state index contributed by atoms with van der Waals surface area (Å²) in [5.41, 5.74) is 0.818. The van der Waals surface area contributed by atoms with Crippen LogP contribution in [-0.4, -0.2) is 54.5 Å². The number of nitrogens with one attached hydrogen (secondary N) is 3. The van der Waals surface area contributed by atoms with Gasteiger partial charge in [-0.05, 0) is 30.9 Å². The van der Waals surface area contributed by atoms with E-state index in [9.17, 15) is 26.4 Å². The van der Waals surface area contributed by atoms with Crippen molar-refractivity contribution in [3.05, 3.63) is 35.5 Å². The summed E-state index contributed by atoms with van der Waals surface area (Å²) in [6.45, 7) is 0.773. The molecule has 1 unspecified atom stereocenters. The van der Waals surface area contributed by atoms with Crippen LogP contribution in [0.4, 0.5) is 36.3 Å². The van der Waals surface area contributed by atoms with Gasteiger partial charge in [0, 0.05) is 42.8 Å². The molecule has 2 aromatic rings. The normalized spacial score (nSPS) is 19.2. The summed E-state index contributed by atoms with van der Waals surface area (Å²) in [4.78, 5) is 19.5. The zero-order chi connectivity index (χ0) is 23.8. The SMILES string of the molecule is CS(=O)(=O)N1CCCC(CNc2nc(Nc3cccc4c3CC(=O)N4)ncc2C(F)(F)F)C1. The first-order chi connectivity index (χ1) is 15.5. The molecule has 1 aromatic carbocycles. The van der Waals surface area contributed by atoms with E-state index >= 15 is 0 Å². The van der Waals surface area contributed by atoms with Crippen LogP contribution in [0.25, 0.3) is 0 Å². The minimum atomic E-state index is -4.67. The van der Waals surface area contributed by atoms with Crippen LogP contribution in [0.15, 0.2) is 24.4 Å². The van der Waals surface area contributed by atoms with Crippen molar-refractivity contribution in [2.24, 2.45) is 5.92 Å². The molecule has 33 heavy (non-hydrogen) atoms. The number of piperidine rings is 1. The standard InChI is InChI=1S/C20H23F3N6O3S/c1-33(31,32)29-7-3-4-12(11-29)9-24-18-14(20(21,22)23)10-25-19(28-18)27-16-6-2-5-15-13(16)8-17(30)26-15/h2,5-6,10,12H,3-4,7-9,11H2,1H3,(H,26,30)(H2,24,25,27,28). The highest BCUT2D eigenvalue weighted by Crippen LogP contribution is 2.35. The van der Waals surface area contributed by atoms with Gasteiger partial charge in [-0.3, -0.25) is 4.79 Å². The molecule has 0 radical (unpaired) electrons. The first-order valence-electron chi connectivity index (χ1n) is 10.3. The second kappa shape index (κ2) is 8.78. The highest BCUT2D eigenvalue weighted by molar-refractivity contribution is 7.88. The van der Waals surface area contributed by atoms with Crippen molar-refractivity contribution in [2.75, 3.05) is 41.8 Å². The van der Waals surface area contributed by atoms with Crippen molar-refractivity contribution in [3.63, 3.8) is 0 Å². The Morgan fingerprint density at radius 2 is 2.09 bits per heavy atom. The molecule has 178 valence electrons. The van der Waals surface area contributed by atoms with E-state index in [1.807, 2.05) is 0 Å². The number of carbonyl (C=O) groups excluding carboxylic acids is 1. The Bertz CT molecular complexity index is 1170. The summed E-state index contributed by atoms with van der Waals surface area (Å²) in [5.74, 6) is -0.779. The second-order valence-electron chi connectivity index (χ2n) is 8.15. The van der Waals surface area contributed by atoms with Crippen molar-refractivity contribution >= 4 is 39.1 Å². The Hall–Kier alpha value is -2.93. The highest BCUT2D eigenvalue weighted by Gasteiger charge is 2.36. The van der Waals surface area contributed by atoms with E-state index in [0.717, 1.165) is 6.26 Å². The lowest BCUT2D eigenvalue weighted by Gasteiger charge is -2.31. The average molecular weight is 485 g/mol. The third-order valence-electron chi connectivity index (χ3n) is 5.64. The zero-order valence-corrected chi connectivity index (χ0v) is 18.6. The van der Waals surface area contributed by atoms with Gasteiger partial charge in [0.2, 0.25) is 21.9 Å². The van der Waals surface area contributed by atoms with E-state index in [1.54, 1.807) is 18.2 Å².